The fraction of sp³-hybridized carbons (Fsp3) is 0.118. The molecule has 0 unspecified atom stereocenters. The SMILES string of the molecule is Cc1cc(Br)ccc1OCC(=O)NC(=S)NNC(=O)c1ccccc1Cl. The smallest absolute Gasteiger partial charge is 0.271 e. The van der Waals surface area contributed by atoms with E-state index < -0.39 is 11.8 Å². The monoisotopic (exact) mass is 455 g/mol. The highest BCUT2D eigenvalue weighted by Gasteiger charge is 2.11. The maximum Gasteiger partial charge on any atom is 0.271 e. The number of thiocarbonyl (C=S) groups is 1. The molecule has 0 saturated heterocycles. The Bertz CT molecular complexity index is 848. The number of halogens is 2. The van der Waals surface area contributed by atoms with Crippen LogP contribution in [0.2, 0.25) is 5.02 Å². The molecule has 9 heteroatoms. The van der Waals surface area contributed by atoms with Gasteiger partial charge < -0.3 is 4.74 Å². The summed E-state index contributed by atoms with van der Waals surface area (Å²) < 4.78 is 6.36. The molecule has 2 aromatic rings. The van der Waals surface area contributed by atoms with Gasteiger partial charge in [-0.2, -0.15) is 0 Å². The van der Waals surface area contributed by atoms with Crippen LogP contribution in [0.25, 0.3) is 0 Å². The second-order valence-electron chi connectivity index (χ2n) is 5.13. The topological polar surface area (TPSA) is 79.5 Å². The highest BCUT2D eigenvalue weighted by molar-refractivity contribution is 9.10. The summed E-state index contributed by atoms with van der Waals surface area (Å²) in [5, 5.41) is 2.64. The number of nitrogens with one attached hydrogen (secondary N) is 3. The van der Waals surface area contributed by atoms with Crippen LogP contribution in [0.15, 0.2) is 46.9 Å². The van der Waals surface area contributed by atoms with Crippen molar-refractivity contribution >= 4 is 56.7 Å². The zero-order valence-corrected chi connectivity index (χ0v) is 16.8. The third-order valence-corrected chi connectivity index (χ3v) is 4.18. The highest BCUT2D eigenvalue weighted by atomic mass is 79.9. The number of hydrogen-bond donors (Lipinski definition) is 3. The lowest BCUT2D eigenvalue weighted by Gasteiger charge is -2.12. The van der Waals surface area contributed by atoms with Crippen LogP contribution < -0.4 is 20.9 Å². The van der Waals surface area contributed by atoms with Gasteiger partial charge in [-0.05, 0) is 55.0 Å². The van der Waals surface area contributed by atoms with E-state index in [1.807, 2.05) is 19.1 Å². The summed E-state index contributed by atoms with van der Waals surface area (Å²) in [6, 6.07) is 12.0. The molecule has 0 aliphatic rings. The molecule has 0 atom stereocenters. The molecule has 0 radical (unpaired) electrons. The molecule has 0 saturated carbocycles. The minimum atomic E-state index is -0.478. The fourth-order valence-corrected chi connectivity index (χ4v) is 2.80. The summed E-state index contributed by atoms with van der Waals surface area (Å²) in [4.78, 5) is 23.8. The Hall–Kier alpha value is -2.16. The summed E-state index contributed by atoms with van der Waals surface area (Å²) >= 11 is 14.2. The van der Waals surface area contributed by atoms with Crippen molar-refractivity contribution in [1.29, 1.82) is 0 Å². The van der Waals surface area contributed by atoms with Gasteiger partial charge in [0.1, 0.15) is 5.75 Å². The van der Waals surface area contributed by atoms with E-state index in [1.165, 1.54) is 0 Å². The first kappa shape index (κ1) is 20.2. The molecule has 3 N–H and O–H groups in total. The number of aryl methyl sites for hydroxylation is 1. The van der Waals surface area contributed by atoms with Crippen molar-refractivity contribution in [2.24, 2.45) is 0 Å². The van der Waals surface area contributed by atoms with Gasteiger partial charge in [-0.3, -0.25) is 25.8 Å². The molecule has 26 heavy (non-hydrogen) atoms. The fourth-order valence-electron chi connectivity index (χ4n) is 1.94. The number of amides is 2. The summed E-state index contributed by atoms with van der Waals surface area (Å²) in [5.74, 6) is -0.347. The van der Waals surface area contributed by atoms with Crippen LogP contribution in [0.5, 0.6) is 5.75 Å². The maximum atomic E-state index is 12.0. The van der Waals surface area contributed by atoms with Gasteiger partial charge in [0.05, 0.1) is 10.6 Å². The van der Waals surface area contributed by atoms with E-state index in [2.05, 4.69) is 32.1 Å². The second kappa shape index (κ2) is 9.51. The third kappa shape index (κ3) is 5.98. The van der Waals surface area contributed by atoms with Crippen LogP contribution in [0.3, 0.4) is 0 Å². The first-order valence-electron chi connectivity index (χ1n) is 7.40. The van der Waals surface area contributed by atoms with E-state index in [0.717, 1.165) is 10.0 Å². The summed E-state index contributed by atoms with van der Waals surface area (Å²) in [5.41, 5.74) is 5.97. The number of carbonyl (C=O) groups is 2. The van der Waals surface area contributed by atoms with Crippen LogP contribution in [0.1, 0.15) is 15.9 Å². The van der Waals surface area contributed by atoms with Gasteiger partial charge in [-0.1, -0.05) is 39.7 Å². The Labute approximate surface area is 169 Å². The molecule has 0 spiro atoms. The first-order chi connectivity index (χ1) is 12.4. The quantitative estimate of drug-likeness (QED) is 0.487. The maximum absolute atomic E-state index is 12.0. The van der Waals surface area contributed by atoms with Crippen molar-refractivity contribution in [3.8, 4) is 5.75 Å². The second-order valence-corrected chi connectivity index (χ2v) is 6.87. The molecule has 0 aliphatic heterocycles. The predicted molar refractivity (Wildman–Crippen MR) is 107 cm³/mol. The van der Waals surface area contributed by atoms with Crippen LogP contribution in [0, 0.1) is 6.92 Å². The molecule has 0 fully saturated rings. The van der Waals surface area contributed by atoms with E-state index >= 15 is 0 Å². The van der Waals surface area contributed by atoms with Gasteiger partial charge in [0.25, 0.3) is 11.8 Å². The average molecular weight is 457 g/mol. The Kier molecular flexibility index (Phi) is 7.38. The van der Waals surface area contributed by atoms with Crippen molar-refractivity contribution in [2.75, 3.05) is 6.61 Å². The molecular weight excluding hydrogens is 442 g/mol. The Morgan fingerprint density at radius 1 is 1.19 bits per heavy atom. The normalized spacial score (nSPS) is 9.96. The predicted octanol–water partition coefficient (Wildman–Crippen LogP) is 3.13. The molecule has 2 amide bonds. The van der Waals surface area contributed by atoms with Crippen LogP contribution >= 0.6 is 39.7 Å². The van der Waals surface area contributed by atoms with Gasteiger partial charge in [0.2, 0.25) is 0 Å². The summed E-state index contributed by atoms with van der Waals surface area (Å²) in [6.07, 6.45) is 0. The lowest BCUT2D eigenvalue weighted by atomic mass is 10.2. The highest BCUT2D eigenvalue weighted by Crippen LogP contribution is 2.21. The zero-order valence-electron chi connectivity index (χ0n) is 13.6. The van der Waals surface area contributed by atoms with Crippen LogP contribution in [-0.4, -0.2) is 23.5 Å². The van der Waals surface area contributed by atoms with Gasteiger partial charge in [0.15, 0.2) is 11.7 Å². The largest absolute Gasteiger partial charge is 0.483 e. The minimum absolute atomic E-state index is 0.0634. The molecule has 6 nitrogen and oxygen atoms in total. The van der Waals surface area contributed by atoms with Gasteiger partial charge >= 0.3 is 0 Å². The van der Waals surface area contributed by atoms with Crippen LogP contribution in [-0.2, 0) is 4.79 Å². The lowest BCUT2D eigenvalue weighted by molar-refractivity contribution is -0.121. The van der Waals surface area contributed by atoms with Crippen molar-refractivity contribution < 1.29 is 14.3 Å². The Morgan fingerprint density at radius 3 is 2.62 bits per heavy atom. The van der Waals surface area contributed by atoms with Gasteiger partial charge in [0, 0.05) is 4.47 Å². The molecule has 0 heterocycles. The molecular formula is C17H15BrClN3O3S. The van der Waals surface area contributed by atoms with Crippen molar-refractivity contribution in [1.82, 2.24) is 16.2 Å². The number of benzene rings is 2. The van der Waals surface area contributed by atoms with Crippen molar-refractivity contribution in [2.45, 2.75) is 6.92 Å². The third-order valence-electron chi connectivity index (χ3n) is 3.16. The number of hydrogen-bond acceptors (Lipinski definition) is 4. The number of rotatable bonds is 4. The van der Waals surface area contributed by atoms with Crippen LogP contribution in [0.4, 0.5) is 0 Å². The summed E-state index contributed by atoms with van der Waals surface area (Å²) in [7, 11) is 0. The van der Waals surface area contributed by atoms with E-state index in [0.29, 0.717) is 10.8 Å². The standard InChI is InChI=1S/C17H15BrClN3O3S/c1-10-8-11(18)6-7-14(10)25-9-15(23)20-17(26)22-21-16(24)12-4-2-3-5-13(12)19/h2-8H,9H2,1H3,(H,21,24)(H2,20,22,23,26). The van der Waals surface area contributed by atoms with Crippen molar-refractivity contribution in [3.05, 3.63) is 63.1 Å². The number of hydrazine groups is 1. The van der Waals surface area contributed by atoms with Crippen molar-refractivity contribution in [3.63, 3.8) is 0 Å². The average Bonchev–Trinajstić information content (AvgIpc) is 2.59. The minimum Gasteiger partial charge on any atom is -0.483 e. The lowest BCUT2D eigenvalue weighted by Crippen LogP contribution is -2.49. The zero-order chi connectivity index (χ0) is 19.1. The molecule has 0 aromatic heterocycles. The van der Waals surface area contributed by atoms with Gasteiger partial charge in [-0.15, -0.1) is 0 Å². The van der Waals surface area contributed by atoms with Gasteiger partial charge in [-0.25, -0.2) is 0 Å². The number of ether oxygens (including phenoxy) is 1. The molecule has 136 valence electrons. The Morgan fingerprint density at radius 2 is 1.92 bits per heavy atom. The Balaban J connectivity index is 1.77. The number of carbonyl (C=O) groups excluding carboxylic acids is 2. The molecule has 2 rings (SSSR count). The summed E-state index contributed by atoms with van der Waals surface area (Å²) in [6.45, 7) is 1.65. The van der Waals surface area contributed by atoms with E-state index in [4.69, 9.17) is 28.6 Å². The van der Waals surface area contributed by atoms with E-state index in [-0.39, 0.29) is 17.3 Å². The van der Waals surface area contributed by atoms with E-state index in [9.17, 15) is 9.59 Å². The first-order valence-corrected chi connectivity index (χ1v) is 8.98. The molecule has 2 aromatic carbocycles. The molecule has 0 aliphatic carbocycles. The molecule has 0 bridgehead atoms. The van der Waals surface area contributed by atoms with E-state index in [1.54, 1.807) is 30.3 Å².